The molecule has 28 heavy (non-hydrogen) atoms. The molecule has 5 fully saturated rings. The maximum atomic E-state index is 12.6. The van der Waals surface area contributed by atoms with Crippen LogP contribution in [0.3, 0.4) is 0 Å². The number of hydrogen-bond donors (Lipinski definition) is 3. The van der Waals surface area contributed by atoms with Crippen molar-refractivity contribution in [3.05, 3.63) is 28.8 Å². The minimum Gasteiger partial charge on any atom is -0.497 e. The number of rotatable bonds is 3. The van der Waals surface area contributed by atoms with E-state index in [-0.39, 0.29) is 6.04 Å². The smallest absolute Gasteiger partial charge is 0.338 e. The van der Waals surface area contributed by atoms with Crippen molar-refractivity contribution < 1.29 is 24.5 Å². The highest BCUT2D eigenvalue weighted by molar-refractivity contribution is 5.83. The number of fused-ring (bicyclic) bond motifs is 3. The molecule has 0 aromatic heterocycles. The number of piperidine rings is 1. The van der Waals surface area contributed by atoms with Gasteiger partial charge in [0, 0.05) is 11.8 Å². The van der Waals surface area contributed by atoms with Crippen molar-refractivity contribution in [1.82, 2.24) is 5.32 Å². The van der Waals surface area contributed by atoms with E-state index in [2.05, 4.69) is 11.4 Å². The molecule has 6 nitrogen and oxygen atoms in total. The molecule has 7 rings (SSSR count). The highest BCUT2D eigenvalue weighted by Crippen LogP contribution is 2.66. The molecule has 5 atom stereocenters. The van der Waals surface area contributed by atoms with Gasteiger partial charge < -0.3 is 25.0 Å². The predicted molar refractivity (Wildman–Crippen MR) is 100 cm³/mol. The van der Waals surface area contributed by atoms with Gasteiger partial charge in [-0.2, -0.15) is 0 Å². The maximum absolute atomic E-state index is 12.6. The summed E-state index contributed by atoms with van der Waals surface area (Å²) in [6.07, 6.45) is 4.77. The quantitative estimate of drug-likeness (QED) is 0.684. The number of hydrogen-bond acceptors (Lipinski definition) is 6. The Hall–Kier alpha value is -1.63. The summed E-state index contributed by atoms with van der Waals surface area (Å²) in [5.41, 5.74) is 0.435. The molecule has 0 amide bonds. The Kier molecular flexibility index (Phi) is 3.26. The Morgan fingerprint density at radius 2 is 2.11 bits per heavy atom. The molecule has 4 bridgehead atoms. The average Bonchev–Trinajstić information content (AvgIpc) is 3.49. The Bertz CT molecular complexity index is 882. The van der Waals surface area contributed by atoms with Crippen LogP contribution in [0.1, 0.15) is 61.3 Å². The molecule has 3 aliphatic heterocycles. The molecule has 2 saturated carbocycles. The third-order valence-corrected chi connectivity index (χ3v) is 8.19. The van der Waals surface area contributed by atoms with Gasteiger partial charge in [0.25, 0.3) is 0 Å². The Morgan fingerprint density at radius 1 is 1.29 bits per heavy atom. The van der Waals surface area contributed by atoms with E-state index in [9.17, 15) is 15.0 Å². The largest absolute Gasteiger partial charge is 0.497 e. The molecule has 3 aliphatic carbocycles. The van der Waals surface area contributed by atoms with Gasteiger partial charge in [-0.15, -0.1) is 0 Å². The monoisotopic (exact) mass is 385 g/mol. The Balaban J connectivity index is 1.62. The average molecular weight is 385 g/mol. The fourth-order valence-corrected chi connectivity index (χ4v) is 6.72. The predicted octanol–water partition coefficient (Wildman–Crippen LogP) is 1.50. The van der Waals surface area contributed by atoms with Crippen LogP contribution in [0.5, 0.6) is 5.75 Å². The van der Waals surface area contributed by atoms with Crippen molar-refractivity contribution in [2.24, 2.45) is 5.92 Å². The first-order chi connectivity index (χ1) is 13.4. The first-order valence-corrected chi connectivity index (χ1v) is 10.5. The van der Waals surface area contributed by atoms with Crippen LogP contribution >= 0.6 is 0 Å². The van der Waals surface area contributed by atoms with Crippen molar-refractivity contribution in [3.63, 3.8) is 0 Å². The molecule has 5 unspecified atom stereocenters. The van der Waals surface area contributed by atoms with Crippen molar-refractivity contribution in [2.75, 3.05) is 13.7 Å². The summed E-state index contributed by atoms with van der Waals surface area (Å²) in [5, 5.41) is 26.0. The van der Waals surface area contributed by atoms with Gasteiger partial charge in [0.05, 0.1) is 19.3 Å². The third kappa shape index (κ3) is 1.91. The lowest BCUT2D eigenvalue weighted by Crippen LogP contribution is -2.81. The highest BCUT2D eigenvalue weighted by atomic mass is 16.6. The molecule has 0 radical (unpaired) electrons. The van der Waals surface area contributed by atoms with E-state index in [4.69, 9.17) is 9.47 Å². The van der Waals surface area contributed by atoms with Crippen molar-refractivity contribution in [1.29, 1.82) is 0 Å². The van der Waals surface area contributed by atoms with E-state index in [1.165, 1.54) is 12.8 Å². The number of benzene rings is 1. The first kappa shape index (κ1) is 17.2. The molecule has 3 N–H and O–H groups in total. The van der Waals surface area contributed by atoms with Crippen LogP contribution in [0, 0.1) is 5.92 Å². The summed E-state index contributed by atoms with van der Waals surface area (Å²) in [7, 11) is 1.67. The molecule has 1 aromatic rings. The van der Waals surface area contributed by atoms with Gasteiger partial charge in [-0.1, -0.05) is 0 Å². The maximum Gasteiger partial charge on any atom is 0.338 e. The summed E-state index contributed by atoms with van der Waals surface area (Å²) in [4.78, 5) is 12.6. The molecule has 150 valence electrons. The minimum atomic E-state index is -1.43. The van der Waals surface area contributed by atoms with E-state index in [0.717, 1.165) is 41.8 Å². The van der Waals surface area contributed by atoms with Crippen LogP contribution in [0.4, 0.5) is 0 Å². The van der Waals surface area contributed by atoms with Gasteiger partial charge in [0.15, 0.2) is 5.60 Å². The molecule has 6 aliphatic rings. The summed E-state index contributed by atoms with van der Waals surface area (Å²) in [5.74, 6) is 0.928. The van der Waals surface area contributed by atoms with Crippen LogP contribution in [0.25, 0.3) is 0 Å². The number of ether oxygens (including phenoxy) is 2. The summed E-state index contributed by atoms with van der Waals surface area (Å²) < 4.78 is 11.6. The SMILES string of the molecule is COc1cc(CC2CC2)c2c(c1)C13CCNC(C2O)C12CCC(O)(C3)C(=O)O2. The van der Waals surface area contributed by atoms with Crippen LogP contribution in [-0.2, 0) is 21.4 Å². The van der Waals surface area contributed by atoms with Crippen molar-refractivity contribution in [2.45, 2.75) is 73.7 Å². The number of aliphatic hydroxyl groups excluding tert-OH is 1. The number of aliphatic hydroxyl groups is 2. The number of carbonyl (C=O) groups is 1. The zero-order chi connectivity index (χ0) is 19.3. The van der Waals surface area contributed by atoms with Gasteiger partial charge >= 0.3 is 5.97 Å². The van der Waals surface area contributed by atoms with Crippen LogP contribution in [-0.4, -0.2) is 47.1 Å². The van der Waals surface area contributed by atoms with Gasteiger partial charge in [0.1, 0.15) is 11.4 Å². The van der Waals surface area contributed by atoms with E-state index in [1.807, 2.05) is 6.07 Å². The van der Waals surface area contributed by atoms with Crippen LogP contribution < -0.4 is 10.1 Å². The van der Waals surface area contributed by atoms with E-state index in [1.54, 1.807) is 7.11 Å². The van der Waals surface area contributed by atoms with Crippen molar-refractivity contribution >= 4 is 5.97 Å². The zero-order valence-electron chi connectivity index (χ0n) is 16.2. The standard InChI is InChI=1S/C22H27NO5/c1-27-14-9-13(8-12-2-3-12)16-15(10-14)20-6-7-23-18(17(16)24)22(20)5-4-21(26,11-20)19(25)28-22/h9-10,12,17-18,23-24,26H,2-8,11H2,1H3. The lowest BCUT2D eigenvalue weighted by molar-refractivity contribution is -0.267. The van der Waals surface area contributed by atoms with Crippen molar-refractivity contribution in [3.8, 4) is 5.75 Å². The molecular weight excluding hydrogens is 358 g/mol. The first-order valence-electron chi connectivity index (χ1n) is 10.5. The van der Waals surface area contributed by atoms with E-state index in [0.29, 0.717) is 25.2 Å². The molecular formula is C22H27NO5. The summed E-state index contributed by atoms with van der Waals surface area (Å²) in [6.45, 7) is 0.728. The molecule has 1 spiro atoms. The fourth-order valence-electron chi connectivity index (χ4n) is 6.72. The molecule has 6 heteroatoms. The molecule has 1 aromatic carbocycles. The number of methoxy groups -OCH3 is 1. The molecule has 3 heterocycles. The Morgan fingerprint density at radius 3 is 2.82 bits per heavy atom. The fraction of sp³-hybridized carbons (Fsp3) is 0.682. The van der Waals surface area contributed by atoms with Gasteiger partial charge in [-0.05, 0) is 79.8 Å². The third-order valence-electron chi connectivity index (χ3n) is 8.19. The second-order valence-electron chi connectivity index (χ2n) is 9.59. The zero-order valence-corrected chi connectivity index (χ0v) is 16.2. The van der Waals surface area contributed by atoms with Gasteiger partial charge in [-0.3, -0.25) is 0 Å². The van der Waals surface area contributed by atoms with Gasteiger partial charge in [-0.25, -0.2) is 4.79 Å². The number of nitrogens with one attached hydrogen (secondary N) is 1. The normalized spacial score (nSPS) is 43.2. The van der Waals surface area contributed by atoms with E-state index >= 15 is 0 Å². The number of carbonyl (C=O) groups excluding carboxylic acids is 1. The van der Waals surface area contributed by atoms with Crippen LogP contribution in [0.2, 0.25) is 0 Å². The lowest BCUT2D eigenvalue weighted by atomic mass is 9.45. The van der Waals surface area contributed by atoms with E-state index < -0.39 is 28.7 Å². The minimum absolute atomic E-state index is 0.339. The summed E-state index contributed by atoms with van der Waals surface area (Å²) >= 11 is 0. The highest BCUT2D eigenvalue weighted by Gasteiger charge is 2.75. The Labute approximate surface area is 164 Å². The van der Waals surface area contributed by atoms with Crippen LogP contribution in [0.15, 0.2) is 12.1 Å². The topological polar surface area (TPSA) is 88.0 Å². The summed E-state index contributed by atoms with van der Waals surface area (Å²) in [6, 6.07) is 3.75. The lowest BCUT2D eigenvalue weighted by Gasteiger charge is -2.68. The molecule has 3 saturated heterocycles. The second kappa shape index (κ2) is 5.29. The number of esters is 1. The second-order valence-corrected chi connectivity index (χ2v) is 9.59. The van der Waals surface area contributed by atoms with Gasteiger partial charge in [0.2, 0.25) is 0 Å².